The lowest BCUT2D eigenvalue weighted by Crippen LogP contribution is -2.32. The molecule has 1 aliphatic carbocycles. The predicted molar refractivity (Wildman–Crippen MR) is 136 cm³/mol. The van der Waals surface area contributed by atoms with Gasteiger partial charge in [0.2, 0.25) is 0 Å². The normalized spacial score (nSPS) is 21.4. The van der Waals surface area contributed by atoms with Gasteiger partial charge in [0.1, 0.15) is 11.6 Å². The molecule has 3 heterocycles. The molecule has 0 radical (unpaired) electrons. The van der Waals surface area contributed by atoms with Crippen molar-refractivity contribution < 1.29 is 9.21 Å². The fraction of sp³-hybridized carbons (Fsp3) is 0.148. The zero-order valence-electron chi connectivity index (χ0n) is 18.8. The number of nitrogens with two attached hydrogens (primary N) is 2. The number of nitrogens with zero attached hydrogens (tertiary/aromatic N) is 2. The average molecular weight is 482 g/mol. The van der Waals surface area contributed by atoms with Crippen LogP contribution in [0, 0.1) is 0 Å². The number of carbonyl (C=O) groups is 1. The van der Waals surface area contributed by atoms with Gasteiger partial charge in [-0.15, -0.1) is 0 Å². The molecule has 174 valence electrons. The first-order valence-electron chi connectivity index (χ1n) is 11.4. The monoisotopic (exact) mass is 481 g/mol. The Bertz CT molecular complexity index is 1500. The van der Waals surface area contributed by atoms with Gasteiger partial charge in [0, 0.05) is 23.8 Å². The summed E-state index contributed by atoms with van der Waals surface area (Å²) in [6, 6.07) is 21.7. The van der Waals surface area contributed by atoms with E-state index in [1.165, 1.54) is 18.0 Å². The molecule has 1 aliphatic heterocycles. The quantitative estimate of drug-likeness (QED) is 0.377. The maximum Gasteiger partial charge on any atom is 0.174 e. The molecule has 2 aromatic carbocycles. The maximum absolute atomic E-state index is 13.5. The van der Waals surface area contributed by atoms with E-state index in [9.17, 15) is 4.79 Å². The van der Waals surface area contributed by atoms with Crippen molar-refractivity contribution >= 4 is 34.4 Å². The highest BCUT2D eigenvalue weighted by atomic mass is 32.2. The number of Topliss-reactive ketones (excluding diaryl/α,β-unsaturated/α-hetero) is 1. The van der Waals surface area contributed by atoms with Crippen molar-refractivity contribution in [3.05, 3.63) is 101 Å². The molecule has 5 N–H and O–H groups in total. The van der Waals surface area contributed by atoms with E-state index < -0.39 is 5.92 Å². The number of H-pyrrole nitrogens is 1. The summed E-state index contributed by atoms with van der Waals surface area (Å²) in [5.74, 6) is 0.557. The highest BCUT2D eigenvalue weighted by molar-refractivity contribution is 7.99. The molecule has 2 atom stereocenters. The SMILES string of the molecule is N/C=C1\C(N)=NC2=C(C(=O)CC(c3ccccc3)C2)C1c1ccc(Sc2nc3ccccc3[nH]2)o1. The number of carbonyl (C=O) groups excluding carboxylic acids is 1. The zero-order valence-corrected chi connectivity index (χ0v) is 19.6. The Morgan fingerprint density at radius 3 is 2.63 bits per heavy atom. The number of hydrogen-bond acceptors (Lipinski definition) is 7. The van der Waals surface area contributed by atoms with Crippen LogP contribution in [0.4, 0.5) is 0 Å². The summed E-state index contributed by atoms with van der Waals surface area (Å²) >= 11 is 1.39. The van der Waals surface area contributed by atoms with Crippen molar-refractivity contribution in [2.75, 3.05) is 0 Å². The second-order valence-electron chi connectivity index (χ2n) is 8.67. The van der Waals surface area contributed by atoms with Crippen LogP contribution in [0.25, 0.3) is 11.0 Å². The van der Waals surface area contributed by atoms with E-state index in [1.54, 1.807) is 0 Å². The number of rotatable bonds is 4. The Morgan fingerprint density at radius 1 is 1.03 bits per heavy atom. The molecule has 7 nitrogen and oxygen atoms in total. The number of nitrogens with one attached hydrogen (secondary N) is 1. The second-order valence-corrected chi connectivity index (χ2v) is 9.66. The van der Waals surface area contributed by atoms with Crippen LogP contribution in [0.2, 0.25) is 0 Å². The van der Waals surface area contributed by atoms with Gasteiger partial charge in [-0.2, -0.15) is 0 Å². The predicted octanol–water partition coefficient (Wildman–Crippen LogP) is 5.00. The average Bonchev–Trinajstić information content (AvgIpc) is 3.50. The summed E-state index contributed by atoms with van der Waals surface area (Å²) in [4.78, 5) is 26.0. The smallest absolute Gasteiger partial charge is 0.174 e. The van der Waals surface area contributed by atoms with Crippen LogP contribution in [0.1, 0.15) is 36.0 Å². The second kappa shape index (κ2) is 8.63. The third-order valence-corrected chi connectivity index (χ3v) is 7.34. The topological polar surface area (TPSA) is 123 Å². The highest BCUT2D eigenvalue weighted by Crippen LogP contribution is 2.46. The number of amidine groups is 1. The van der Waals surface area contributed by atoms with Gasteiger partial charge >= 0.3 is 0 Å². The van der Waals surface area contributed by atoms with Crippen LogP contribution in [0.3, 0.4) is 0 Å². The highest BCUT2D eigenvalue weighted by Gasteiger charge is 2.40. The van der Waals surface area contributed by atoms with Gasteiger partial charge in [-0.25, -0.2) is 9.98 Å². The van der Waals surface area contributed by atoms with Crippen molar-refractivity contribution in [1.82, 2.24) is 9.97 Å². The van der Waals surface area contributed by atoms with Crippen molar-refractivity contribution in [2.45, 2.75) is 34.9 Å². The number of ketones is 1. The van der Waals surface area contributed by atoms with Gasteiger partial charge in [0.25, 0.3) is 0 Å². The number of fused-ring (bicyclic) bond motifs is 1. The Hall–Kier alpha value is -4.04. The molecule has 2 aliphatic rings. The molecule has 6 rings (SSSR count). The molecule has 0 saturated carbocycles. The molecule has 8 heteroatoms. The van der Waals surface area contributed by atoms with Crippen LogP contribution >= 0.6 is 11.8 Å². The van der Waals surface area contributed by atoms with Crippen LogP contribution in [-0.4, -0.2) is 21.6 Å². The van der Waals surface area contributed by atoms with Crippen molar-refractivity contribution in [1.29, 1.82) is 0 Å². The number of para-hydroxylation sites is 2. The summed E-state index contributed by atoms with van der Waals surface area (Å²) in [6.07, 6.45) is 2.48. The Morgan fingerprint density at radius 2 is 1.83 bits per heavy atom. The molecule has 0 amide bonds. The fourth-order valence-corrected chi connectivity index (χ4v) is 5.68. The first-order chi connectivity index (χ1) is 17.1. The number of benzene rings is 2. The summed E-state index contributed by atoms with van der Waals surface area (Å²) < 4.78 is 6.22. The summed E-state index contributed by atoms with van der Waals surface area (Å²) in [5.41, 5.74) is 17.2. The number of allylic oxidation sites excluding steroid dienone is 2. The fourth-order valence-electron chi connectivity index (χ4n) is 4.91. The van der Waals surface area contributed by atoms with E-state index >= 15 is 0 Å². The molecule has 0 saturated heterocycles. The van der Waals surface area contributed by atoms with Gasteiger partial charge < -0.3 is 20.9 Å². The zero-order chi connectivity index (χ0) is 23.9. The van der Waals surface area contributed by atoms with Crippen LogP contribution < -0.4 is 11.5 Å². The third kappa shape index (κ3) is 3.85. The number of aromatic nitrogens is 2. The lowest BCUT2D eigenvalue weighted by molar-refractivity contribution is -0.116. The van der Waals surface area contributed by atoms with Gasteiger partial charge in [-0.05, 0) is 53.9 Å². The van der Waals surface area contributed by atoms with Crippen molar-refractivity contribution in [3.8, 4) is 0 Å². The molecule has 2 aromatic heterocycles. The largest absolute Gasteiger partial charge is 0.453 e. The third-order valence-electron chi connectivity index (χ3n) is 6.54. The standard InChI is InChI=1S/C27H23N5O2S/c28-14-17-24(22-10-11-23(34-22)35-27-31-18-8-4-5-9-19(18)32-27)25-20(30-26(17)29)12-16(13-21(25)33)15-6-2-1-3-7-15/h1-11,14,16,24H,12-13,28H2,(H2,29,30)(H,31,32)/b17-14-. The van der Waals surface area contributed by atoms with Gasteiger partial charge in [-0.1, -0.05) is 42.5 Å². The molecular weight excluding hydrogens is 458 g/mol. The summed E-state index contributed by atoms with van der Waals surface area (Å²) in [7, 11) is 0. The van der Waals surface area contributed by atoms with Gasteiger partial charge in [0.15, 0.2) is 16.0 Å². The maximum atomic E-state index is 13.5. The van der Waals surface area contributed by atoms with E-state index in [-0.39, 0.29) is 11.7 Å². The lowest BCUT2D eigenvalue weighted by atomic mass is 9.74. The molecular formula is C27H23N5O2S. The minimum Gasteiger partial charge on any atom is -0.453 e. The first-order valence-corrected chi connectivity index (χ1v) is 12.2. The molecule has 0 fully saturated rings. The number of imidazole rings is 1. The van der Waals surface area contributed by atoms with E-state index in [1.807, 2.05) is 54.6 Å². The Kier molecular flexibility index (Phi) is 5.30. The van der Waals surface area contributed by atoms with E-state index in [2.05, 4.69) is 27.1 Å². The van der Waals surface area contributed by atoms with E-state index in [0.717, 1.165) is 21.8 Å². The van der Waals surface area contributed by atoms with Crippen molar-refractivity contribution in [3.63, 3.8) is 0 Å². The van der Waals surface area contributed by atoms with Crippen LogP contribution in [0.15, 0.2) is 109 Å². The minimum atomic E-state index is -0.484. The number of furan rings is 1. The van der Waals surface area contributed by atoms with Gasteiger partial charge in [0.05, 0.1) is 22.6 Å². The Labute approximate surface area is 206 Å². The molecule has 0 spiro atoms. The van der Waals surface area contributed by atoms with E-state index in [0.29, 0.717) is 46.4 Å². The van der Waals surface area contributed by atoms with Crippen LogP contribution in [0.5, 0.6) is 0 Å². The Balaban J connectivity index is 1.34. The number of aromatic amines is 1. The van der Waals surface area contributed by atoms with E-state index in [4.69, 9.17) is 15.9 Å². The molecule has 35 heavy (non-hydrogen) atoms. The number of hydrogen-bond donors (Lipinski definition) is 3. The molecule has 2 unspecified atom stereocenters. The first kappa shape index (κ1) is 21.5. The summed E-state index contributed by atoms with van der Waals surface area (Å²) in [6.45, 7) is 0. The number of aliphatic imine (C=N–C) groups is 1. The van der Waals surface area contributed by atoms with Crippen molar-refractivity contribution in [2.24, 2.45) is 16.5 Å². The van der Waals surface area contributed by atoms with Crippen LogP contribution in [-0.2, 0) is 4.79 Å². The molecule has 4 aromatic rings. The summed E-state index contributed by atoms with van der Waals surface area (Å²) in [5, 5.41) is 1.38. The minimum absolute atomic E-state index is 0.0450. The molecule has 0 bridgehead atoms. The van der Waals surface area contributed by atoms with Gasteiger partial charge in [-0.3, -0.25) is 4.79 Å². The lowest BCUT2D eigenvalue weighted by Gasteiger charge is -2.32.